The number of aromatic nitrogens is 8. The molecule has 76 heavy (non-hydrogen) atoms. The van der Waals surface area contributed by atoms with Crippen LogP contribution in [0.2, 0.25) is 0 Å². The van der Waals surface area contributed by atoms with Gasteiger partial charge in [0.2, 0.25) is 0 Å². The Hall–Kier alpha value is -7.27. The van der Waals surface area contributed by atoms with Crippen molar-refractivity contribution in [2.24, 2.45) is 10.9 Å². The molecular formula is C65H90N10O. The second kappa shape index (κ2) is 35.1. The first-order chi connectivity index (χ1) is 36.4. The summed E-state index contributed by atoms with van der Waals surface area (Å²) in [5.74, 6) is 5.63. The summed E-state index contributed by atoms with van der Waals surface area (Å²) in [5.41, 5.74) is 12.4. The largest absolute Gasteiger partial charge is 0.471 e. The summed E-state index contributed by atoms with van der Waals surface area (Å²) >= 11 is 0. The van der Waals surface area contributed by atoms with Gasteiger partial charge in [0, 0.05) is 78.5 Å². The van der Waals surface area contributed by atoms with Gasteiger partial charge in [-0.1, -0.05) is 171 Å². The van der Waals surface area contributed by atoms with E-state index in [9.17, 15) is 0 Å². The third-order valence-electron chi connectivity index (χ3n) is 12.0. The minimum Gasteiger partial charge on any atom is -0.471 e. The summed E-state index contributed by atoms with van der Waals surface area (Å²) in [6, 6.07) is 35.3. The Morgan fingerprint density at radius 1 is 0.447 bits per heavy atom. The highest BCUT2D eigenvalue weighted by atomic mass is 16.5. The van der Waals surface area contributed by atoms with Gasteiger partial charge in [0.15, 0.2) is 6.73 Å². The Kier molecular flexibility index (Phi) is 29.1. The van der Waals surface area contributed by atoms with Crippen LogP contribution >= 0.6 is 0 Å². The highest BCUT2D eigenvalue weighted by Gasteiger charge is 2.12. The predicted molar refractivity (Wildman–Crippen MR) is 322 cm³/mol. The molecule has 0 bridgehead atoms. The van der Waals surface area contributed by atoms with E-state index in [-0.39, 0.29) is 0 Å². The summed E-state index contributed by atoms with van der Waals surface area (Å²) in [6.07, 6.45) is 19.4. The molecule has 0 fully saturated rings. The lowest BCUT2D eigenvalue weighted by Crippen LogP contribution is -2.02. The zero-order chi connectivity index (χ0) is 55.8. The van der Waals surface area contributed by atoms with Crippen LogP contribution in [0.1, 0.15) is 198 Å². The summed E-state index contributed by atoms with van der Waals surface area (Å²) in [7, 11) is 0. The van der Waals surface area contributed by atoms with Crippen LogP contribution < -0.4 is 10.1 Å². The van der Waals surface area contributed by atoms with Gasteiger partial charge in [-0.15, -0.1) is 0 Å². The number of benzene rings is 3. The Labute approximate surface area is 457 Å². The van der Waals surface area contributed by atoms with Crippen LogP contribution in [0.3, 0.4) is 0 Å². The van der Waals surface area contributed by atoms with E-state index in [1.165, 1.54) is 39.0 Å². The van der Waals surface area contributed by atoms with Crippen LogP contribution in [-0.2, 0) is 0 Å². The van der Waals surface area contributed by atoms with Crippen molar-refractivity contribution in [1.29, 1.82) is 0 Å². The number of anilines is 1. The second-order valence-electron chi connectivity index (χ2n) is 21.0. The zero-order valence-corrected chi connectivity index (χ0v) is 48.7. The Morgan fingerprint density at radius 2 is 1.08 bits per heavy atom. The van der Waals surface area contributed by atoms with E-state index < -0.39 is 0 Å². The Morgan fingerprint density at radius 3 is 1.53 bits per heavy atom. The maximum absolute atomic E-state index is 5.38. The van der Waals surface area contributed by atoms with Gasteiger partial charge in [-0.05, 0) is 118 Å². The van der Waals surface area contributed by atoms with Crippen LogP contribution in [0.15, 0.2) is 170 Å². The van der Waals surface area contributed by atoms with E-state index in [2.05, 4.69) is 234 Å². The van der Waals surface area contributed by atoms with Gasteiger partial charge in [0.05, 0.1) is 23.1 Å². The molecule has 0 saturated carbocycles. The third kappa shape index (κ3) is 24.4. The fourth-order valence-corrected chi connectivity index (χ4v) is 6.90. The van der Waals surface area contributed by atoms with Gasteiger partial charge in [0.1, 0.15) is 5.75 Å². The minimum absolute atomic E-state index is 0.485. The third-order valence-corrected chi connectivity index (χ3v) is 12.0. The molecule has 0 spiro atoms. The molecule has 11 heteroatoms. The van der Waals surface area contributed by atoms with Crippen molar-refractivity contribution in [1.82, 2.24) is 40.3 Å². The average molecular weight is 1030 g/mol. The van der Waals surface area contributed by atoms with Crippen molar-refractivity contribution >= 4 is 22.3 Å². The lowest BCUT2D eigenvalue weighted by molar-refractivity contribution is 0.372. The van der Waals surface area contributed by atoms with E-state index in [0.717, 1.165) is 34.8 Å². The number of pyridine rings is 2. The Balaban J connectivity index is 0.000000230. The molecule has 0 aliphatic carbocycles. The summed E-state index contributed by atoms with van der Waals surface area (Å²) in [6.45, 7) is 35.2. The highest BCUT2D eigenvalue weighted by molar-refractivity contribution is 5.89. The van der Waals surface area contributed by atoms with E-state index in [0.29, 0.717) is 54.1 Å². The molecule has 0 atom stereocenters. The highest BCUT2D eigenvalue weighted by Crippen LogP contribution is 2.32. The number of nitrogens with zero attached hydrogens (tertiary/aromatic N) is 7. The first-order valence-electron chi connectivity index (χ1n) is 27.1. The first kappa shape index (κ1) is 63.0. The van der Waals surface area contributed by atoms with E-state index in [1.54, 1.807) is 31.0 Å². The molecule has 0 amide bonds. The van der Waals surface area contributed by atoms with E-state index in [1.807, 2.05) is 61.2 Å². The Bertz CT molecular complexity index is 2590. The normalized spacial score (nSPS) is 11.7. The summed E-state index contributed by atoms with van der Waals surface area (Å²) < 4.78 is 5.38. The molecule has 0 saturated heterocycles. The maximum Gasteiger partial charge on any atom is 0.159 e. The van der Waals surface area contributed by atoms with Crippen LogP contribution in [0.25, 0.3) is 10.9 Å². The number of hydrogen-bond donors (Lipinski definition) is 3. The van der Waals surface area contributed by atoms with Crippen molar-refractivity contribution in [3.05, 3.63) is 204 Å². The van der Waals surface area contributed by atoms with Crippen LogP contribution in [0.5, 0.6) is 5.75 Å². The van der Waals surface area contributed by atoms with Gasteiger partial charge in [-0.2, -0.15) is 10.2 Å². The van der Waals surface area contributed by atoms with Crippen molar-refractivity contribution in [3.8, 4) is 5.75 Å². The molecule has 2 aliphatic rings. The van der Waals surface area contributed by atoms with Gasteiger partial charge < -0.3 is 10.1 Å². The molecule has 5 aromatic heterocycles. The monoisotopic (exact) mass is 1030 g/mol. The molecule has 7 heterocycles. The molecule has 0 radical (unpaired) electrons. The van der Waals surface area contributed by atoms with Gasteiger partial charge in [-0.3, -0.25) is 35.1 Å². The van der Waals surface area contributed by atoms with Gasteiger partial charge >= 0.3 is 0 Å². The van der Waals surface area contributed by atoms with Crippen LogP contribution in [0, 0.1) is 5.92 Å². The van der Waals surface area contributed by atoms with Crippen molar-refractivity contribution in [3.63, 3.8) is 0 Å². The average Bonchev–Trinajstić information content (AvgIpc) is 4.30. The number of aliphatic imine (C=N–C) groups is 1. The lowest BCUT2D eigenvalue weighted by atomic mass is 10.0. The molecule has 8 aromatic rings. The lowest BCUT2D eigenvalue weighted by Gasteiger charge is -2.05. The number of ether oxygens (including phenoxy) is 1. The molecule has 0 unspecified atom stereocenters. The van der Waals surface area contributed by atoms with E-state index in [4.69, 9.17) is 4.74 Å². The number of nitrogens with one attached hydrogen (secondary N) is 3. The number of allylic oxidation sites excluding steroid dienone is 1. The number of rotatable bonds is 8. The van der Waals surface area contributed by atoms with Gasteiger partial charge in [0.25, 0.3) is 0 Å². The van der Waals surface area contributed by atoms with Crippen molar-refractivity contribution in [2.45, 2.75) is 159 Å². The minimum atomic E-state index is 0.485. The molecule has 3 aromatic carbocycles. The number of fused-ring (bicyclic) bond motifs is 2. The first-order valence-corrected chi connectivity index (χ1v) is 27.1. The summed E-state index contributed by atoms with van der Waals surface area (Å²) in [4.78, 5) is 20.4. The van der Waals surface area contributed by atoms with E-state index >= 15 is 0 Å². The number of hydrogen-bond acceptors (Lipinski definition) is 9. The standard InChI is InChI=1S/C10H12N2.C10H13NO.C9H12.2C8H11N.C7H10N2.C7H11N.C6H10N2/c1-7(2)8-3-4-10-9(5-8)6-11-12-10;1-7(2)8-3-4-9-10(5-8)12-6-11-9;1-8(2)9-6-4-3-5-7-9;1-7(2)8-4-3-5-9-6-8;1-7(2)8-5-3-4-6-9-8;1-6(2)7-5-8-3-4-9-7;1-6(2)7-4-3-5-8-7;1-5(2)6-3-4-7-8-6/h3-7H,1-2H3,(H,11,12);3-5,7,11H,6H2,1-2H3;3-8H,1-2H3;2*3-7H,1-2H3;3-6H,1-2H3;3,5-6H,4H2,1-2H3;3-5H,1-2H3,(H,7,8). The predicted octanol–water partition coefficient (Wildman–Crippen LogP) is 17.6. The molecule has 11 nitrogen and oxygen atoms in total. The molecule has 2 aliphatic heterocycles. The fourth-order valence-electron chi connectivity index (χ4n) is 6.90. The zero-order valence-electron chi connectivity index (χ0n) is 48.7. The number of H-pyrrole nitrogens is 2. The van der Waals surface area contributed by atoms with Crippen LogP contribution in [0.4, 0.5) is 5.69 Å². The quantitative estimate of drug-likeness (QED) is 0.137. The molecule has 10 rings (SSSR count). The van der Waals surface area contributed by atoms with Crippen LogP contribution in [-0.4, -0.2) is 52.8 Å². The topological polar surface area (TPSA) is 143 Å². The van der Waals surface area contributed by atoms with Crippen molar-refractivity contribution < 1.29 is 4.74 Å². The number of aromatic amines is 2. The van der Waals surface area contributed by atoms with Gasteiger partial charge in [-0.25, -0.2) is 0 Å². The van der Waals surface area contributed by atoms with Crippen molar-refractivity contribution in [2.75, 3.05) is 12.0 Å². The molecule has 406 valence electrons. The second-order valence-corrected chi connectivity index (χ2v) is 21.0. The smallest absolute Gasteiger partial charge is 0.159 e. The summed E-state index contributed by atoms with van der Waals surface area (Å²) in [5, 5.41) is 18.0. The molecule has 3 N–H and O–H groups in total. The molecular weight excluding hydrogens is 937 g/mol. The maximum atomic E-state index is 5.38. The SMILES string of the molecule is CC(C)C1=NC=CC1.CC(C)c1ccc2[nH]ncc2c1.CC(C)c1ccc2c(c1)OCN2.CC(C)c1ccccc1.CC(C)c1ccccn1.CC(C)c1cccnc1.CC(C)c1ccn[nH]1.CC(C)c1cnccn1. The fraction of sp³-hybridized carbons (Fsp3) is 0.400.